The summed E-state index contributed by atoms with van der Waals surface area (Å²) in [6.45, 7) is 3.72. The molecule has 1 fully saturated rings. The van der Waals surface area contributed by atoms with Crippen molar-refractivity contribution in [2.75, 3.05) is 18.5 Å². The summed E-state index contributed by atoms with van der Waals surface area (Å²) < 4.78 is 10.9. The van der Waals surface area contributed by atoms with E-state index in [1.54, 1.807) is 13.8 Å². The molecule has 1 unspecified atom stereocenters. The Bertz CT molecular complexity index is 1180. The van der Waals surface area contributed by atoms with Crippen LogP contribution in [0, 0.1) is 12.8 Å². The second-order valence-corrected chi connectivity index (χ2v) is 7.93. The van der Waals surface area contributed by atoms with Crippen molar-refractivity contribution in [1.82, 2.24) is 20.4 Å². The minimum absolute atomic E-state index is 0.0159. The zero-order valence-corrected chi connectivity index (χ0v) is 19.4. The molecule has 0 aromatic carbocycles. The smallest absolute Gasteiger partial charge is 0.330 e. The van der Waals surface area contributed by atoms with E-state index >= 15 is 0 Å². The molecule has 3 N–H and O–H groups in total. The molecule has 1 aliphatic heterocycles. The fourth-order valence-electron chi connectivity index (χ4n) is 3.57. The summed E-state index contributed by atoms with van der Waals surface area (Å²) in [5.41, 5.74) is -0.612. The van der Waals surface area contributed by atoms with Crippen molar-refractivity contribution in [2.45, 2.75) is 39.3 Å². The topological polar surface area (TPSA) is 162 Å². The third kappa shape index (κ3) is 7.13. The first-order valence-corrected chi connectivity index (χ1v) is 11.1. The number of nitrogens with zero attached hydrogens (tertiary/aromatic N) is 2. The van der Waals surface area contributed by atoms with Crippen molar-refractivity contribution < 1.29 is 28.4 Å². The molecule has 35 heavy (non-hydrogen) atoms. The summed E-state index contributed by atoms with van der Waals surface area (Å²) >= 11 is 0. The molecule has 0 radical (unpaired) electrons. The van der Waals surface area contributed by atoms with Gasteiger partial charge < -0.3 is 29.8 Å². The number of amides is 3. The van der Waals surface area contributed by atoms with Gasteiger partial charge in [-0.05, 0) is 38.8 Å². The minimum Gasteiger partial charge on any atom is -0.463 e. The zero-order chi connectivity index (χ0) is 25.4. The van der Waals surface area contributed by atoms with Gasteiger partial charge in [0.1, 0.15) is 18.0 Å². The molecule has 12 heteroatoms. The number of pyridine rings is 1. The van der Waals surface area contributed by atoms with Crippen LogP contribution in [0.25, 0.3) is 0 Å². The van der Waals surface area contributed by atoms with Crippen molar-refractivity contribution in [3.05, 3.63) is 58.4 Å². The third-order valence-electron chi connectivity index (χ3n) is 5.24. The monoisotopic (exact) mass is 485 g/mol. The van der Waals surface area contributed by atoms with E-state index in [-0.39, 0.29) is 42.8 Å². The molecule has 1 aliphatic rings. The molecule has 3 amide bonds. The summed E-state index contributed by atoms with van der Waals surface area (Å²) in [5, 5.41) is 11.5. The van der Waals surface area contributed by atoms with E-state index in [4.69, 9.17) is 9.26 Å². The predicted octanol–water partition coefficient (Wildman–Crippen LogP) is 0.527. The van der Waals surface area contributed by atoms with Gasteiger partial charge in [-0.25, -0.2) is 4.79 Å². The van der Waals surface area contributed by atoms with E-state index in [0.29, 0.717) is 18.7 Å². The SMILES string of the molecule is CCOC(=O)/C=C/[C@H](CC1CCNC1=O)NC(=O)Cn1cccc(NC(=O)c2cc(C)on2)c1=O. The van der Waals surface area contributed by atoms with Crippen molar-refractivity contribution >= 4 is 29.4 Å². The number of hydrogen-bond donors (Lipinski definition) is 3. The first-order valence-electron chi connectivity index (χ1n) is 11.1. The van der Waals surface area contributed by atoms with Crippen LogP contribution in [0.2, 0.25) is 0 Å². The molecule has 0 spiro atoms. The maximum Gasteiger partial charge on any atom is 0.330 e. The number of carbonyl (C=O) groups is 4. The van der Waals surface area contributed by atoms with Gasteiger partial charge >= 0.3 is 5.97 Å². The highest BCUT2D eigenvalue weighted by Crippen LogP contribution is 2.17. The van der Waals surface area contributed by atoms with E-state index in [1.807, 2.05) is 0 Å². The Morgan fingerprint density at radius 2 is 2.17 bits per heavy atom. The highest BCUT2D eigenvalue weighted by molar-refractivity contribution is 6.02. The van der Waals surface area contributed by atoms with Crippen LogP contribution in [-0.4, -0.2) is 52.6 Å². The number of carbonyl (C=O) groups excluding carboxylic acids is 4. The molecule has 1 saturated heterocycles. The Morgan fingerprint density at radius 1 is 1.37 bits per heavy atom. The Hall–Kier alpha value is -4.22. The van der Waals surface area contributed by atoms with Gasteiger partial charge in [-0.1, -0.05) is 11.2 Å². The summed E-state index contributed by atoms with van der Waals surface area (Å²) in [6.07, 6.45) is 4.99. The molecule has 3 rings (SSSR count). The van der Waals surface area contributed by atoms with E-state index in [1.165, 1.54) is 36.5 Å². The molecular formula is C23H27N5O7. The molecular weight excluding hydrogens is 458 g/mol. The quantitative estimate of drug-likeness (QED) is 0.324. The summed E-state index contributed by atoms with van der Waals surface area (Å²) in [7, 11) is 0. The van der Waals surface area contributed by atoms with Crippen molar-refractivity contribution in [3.63, 3.8) is 0 Å². The fourth-order valence-corrected chi connectivity index (χ4v) is 3.57. The fraction of sp³-hybridized carbons (Fsp3) is 0.391. The average Bonchev–Trinajstić information content (AvgIpc) is 3.43. The Labute approximate surface area is 200 Å². The first kappa shape index (κ1) is 25.4. The lowest BCUT2D eigenvalue weighted by Gasteiger charge is -2.18. The lowest BCUT2D eigenvalue weighted by Crippen LogP contribution is -2.40. The summed E-state index contributed by atoms with van der Waals surface area (Å²) in [6, 6.07) is 3.72. The van der Waals surface area contributed by atoms with Crippen molar-refractivity contribution in [1.29, 1.82) is 0 Å². The first-order chi connectivity index (χ1) is 16.8. The van der Waals surface area contributed by atoms with Crippen LogP contribution in [0.3, 0.4) is 0 Å². The van der Waals surface area contributed by atoms with Crippen LogP contribution in [0.1, 0.15) is 36.0 Å². The van der Waals surface area contributed by atoms with Crippen LogP contribution in [-0.2, 0) is 25.7 Å². The van der Waals surface area contributed by atoms with E-state index in [0.717, 1.165) is 4.57 Å². The number of aryl methyl sites for hydroxylation is 1. The van der Waals surface area contributed by atoms with Gasteiger partial charge in [0.2, 0.25) is 11.8 Å². The average molecular weight is 485 g/mol. The number of rotatable bonds is 10. The van der Waals surface area contributed by atoms with Gasteiger partial charge in [0.05, 0.1) is 6.61 Å². The van der Waals surface area contributed by atoms with Gasteiger partial charge in [-0.2, -0.15) is 0 Å². The van der Waals surface area contributed by atoms with Gasteiger partial charge in [0.25, 0.3) is 11.5 Å². The van der Waals surface area contributed by atoms with Gasteiger partial charge in [0.15, 0.2) is 5.69 Å². The highest BCUT2D eigenvalue weighted by Gasteiger charge is 2.27. The summed E-state index contributed by atoms with van der Waals surface area (Å²) in [5.74, 6) is -1.69. The molecule has 186 valence electrons. The summed E-state index contributed by atoms with van der Waals surface area (Å²) in [4.78, 5) is 61.5. The molecule has 0 saturated carbocycles. The van der Waals surface area contributed by atoms with Crippen LogP contribution in [0.15, 0.2) is 45.9 Å². The Kier molecular flexibility index (Phi) is 8.54. The lowest BCUT2D eigenvalue weighted by atomic mass is 9.98. The van der Waals surface area contributed by atoms with E-state index < -0.39 is 29.4 Å². The van der Waals surface area contributed by atoms with Crippen LogP contribution in [0.4, 0.5) is 5.69 Å². The predicted molar refractivity (Wildman–Crippen MR) is 123 cm³/mol. The molecule has 2 aromatic heterocycles. The molecule has 3 heterocycles. The number of anilines is 1. The van der Waals surface area contributed by atoms with Crippen molar-refractivity contribution in [2.24, 2.45) is 5.92 Å². The lowest BCUT2D eigenvalue weighted by molar-refractivity contribution is -0.137. The molecule has 0 bridgehead atoms. The Morgan fingerprint density at radius 3 is 2.83 bits per heavy atom. The standard InChI is InChI=1S/C23H27N5O7/c1-3-34-20(30)7-6-16(12-15-8-9-24-21(15)31)25-19(29)13-28-10-4-5-17(23(28)33)26-22(32)18-11-14(2)35-27-18/h4-7,10-11,15-16H,3,8-9,12-13H2,1-2H3,(H,24,31)(H,25,29)(H,26,32)/b7-6+/t15?,16-/m1/s1. The van der Waals surface area contributed by atoms with Gasteiger partial charge in [-0.3, -0.25) is 19.2 Å². The van der Waals surface area contributed by atoms with Gasteiger partial charge in [0, 0.05) is 36.8 Å². The Balaban J connectivity index is 1.68. The number of ether oxygens (including phenoxy) is 1. The maximum absolute atomic E-state index is 12.8. The second-order valence-electron chi connectivity index (χ2n) is 7.93. The third-order valence-corrected chi connectivity index (χ3v) is 5.24. The number of hydrogen-bond acceptors (Lipinski definition) is 8. The van der Waals surface area contributed by atoms with Crippen LogP contribution < -0.4 is 21.5 Å². The van der Waals surface area contributed by atoms with Crippen molar-refractivity contribution in [3.8, 4) is 0 Å². The van der Waals surface area contributed by atoms with Gasteiger partial charge in [-0.15, -0.1) is 0 Å². The maximum atomic E-state index is 12.8. The molecule has 2 aromatic rings. The highest BCUT2D eigenvalue weighted by atomic mass is 16.5. The normalized spacial score (nSPS) is 16.1. The van der Waals surface area contributed by atoms with E-state index in [2.05, 4.69) is 21.1 Å². The number of esters is 1. The number of nitrogens with one attached hydrogen (secondary N) is 3. The minimum atomic E-state index is -0.630. The van der Waals surface area contributed by atoms with Crippen LogP contribution >= 0.6 is 0 Å². The number of aromatic nitrogens is 2. The largest absolute Gasteiger partial charge is 0.463 e. The zero-order valence-electron chi connectivity index (χ0n) is 19.4. The van der Waals surface area contributed by atoms with Crippen LogP contribution in [0.5, 0.6) is 0 Å². The second kappa shape index (κ2) is 11.8. The van der Waals surface area contributed by atoms with E-state index in [9.17, 15) is 24.0 Å². The molecule has 2 atom stereocenters. The molecule has 12 nitrogen and oxygen atoms in total. The molecule has 0 aliphatic carbocycles.